The molecule has 1 heterocycles. The van der Waals surface area contributed by atoms with E-state index in [0.717, 1.165) is 16.8 Å². The number of nitrogens with zero attached hydrogens (tertiary/aromatic N) is 3. The van der Waals surface area contributed by atoms with Crippen molar-refractivity contribution in [2.45, 2.75) is 95.4 Å². The Morgan fingerprint density at radius 1 is 0.957 bits per heavy atom. The van der Waals surface area contributed by atoms with Gasteiger partial charge in [0.1, 0.15) is 0 Å². The summed E-state index contributed by atoms with van der Waals surface area (Å²) in [5.74, 6) is 1.99. The highest BCUT2D eigenvalue weighted by Gasteiger charge is 2.16. The topological polar surface area (TPSA) is 30.7 Å². The van der Waals surface area contributed by atoms with Crippen LogP contribution in [0, 0.1) is 0 Å². The fraction of sp³-hybridized carbons (Fsp3) is 0.889. The average molecular weight is 358 g/mol. The summed E-state index contributed by atoms with van der Waals surface area (Å²) in [4.78, 5) is 1.98. The summed E-state index contributed by atoms with van der Waals surface area (Å²) in [6, 6.07) is 0.413. The lowest BCUT2D eigenvalue weighted by Crippen LogP contribution is -2.09. The van der Waals surface area contributed by atoms with E-state index in [1.165, 1.54) is 56.3 Å². The minimum Gasteiger partial charge on any atom is -0.182 e. The zero-order chi connectivity index (χ0) is 17.1. The molecule has 0 saturated carbocycles. The summed E-state index contributed by atoms with van der Waals surface area (Å²) in [7, 11) is 0. The molecule has 3 nitrogen and oxygen atoms in total. The smallest absolute Gasteiger partial charge is 0.0966 e. The van der Waals surface area contributed by atoms with Crippen LogP contribution in [0.4, 0.5) is 0 Å². The first-order chi connectivity index (χ1) is 11.2. The van der Waals surface area contributed by atoms with Gasteiger partial charge in [-0.3, -0.25) is 0 Å². The maximum Gasteiger partial charge on any atom is 0.0966 e. The number of unbranched alkanes of at least 4 members (excludes halogenated alkanes) is 2. The molecule has 0 bridgehead atoms. The lowest BCUT2D eigenvalue weighted by Gasteiger charge is -2.13. The van der Waals surface area contributed by atoms with Crippen LogP contribution in [0.5, 0.6) is 0 Å². The molecule has 0 spiro atoms. The van der Waals surface area contributed by atoms with Gasteiger partial charge in [-0.1, -0.05) is 46.5 Å². The van der Waals surface area contributed by atoms with Crippen molar-refractivity contribution >= 4 is 23.5 Å². The summed E-state index contributed by atoms with van der Waals surface area (Å²) in [6.07, 6.45) is 11.0. The van der Waals surface area contributed by atoms with Gasteiger partial charge in [-0.2, -0.15) is 38.5 Å². The Bertz CT molecular complexity index is 420. The second-order valence-corrected chi connectivity index (χ2v) is 8.48. The SMILES string of the molecule is CCCCC(CC)SCc1nn(C(C)CCCC)nc1CSC. The van der Waals surface area contributed by atoms with Gasteiger partial charge in [0, 0.05) is 16.8 Å². The van der Waals surface area contributed by atoms with Crippen LogP contribution >= 0.6 is 23.5 Å². The molecule has 2 atom stereocenters. The van der Waals surface area contributed by atoms with Crippen molar-refractivity contribution in [1.29, 1.82) is 0 Å². The molecule has 5 heteroatoms. The minimum atomic E-state index is 0.413. The Morgan fingerprint density at radius 3 is 2.13 bits per heavy atom. The van der Waals surface area contributed by atoms with Crippen molar-refractivity contribution in [3.05, 3.63) is 11.4 Å². The van der Waals surface area contributed by atoms with Crippen molar-refractivity contribution in [2.75, 3.05) is 6.26 Å². The zero-order valence-electron chi connectivity index (χ0n) is 15.7. The first-order valence-electron chi connectivity index (χ1n) is 9.21. The number of aromatic nitrogens is 3. The maximum atomic E-state index is 4.84. The Hall–Kier alpha value is -0.160. The van der Waals surface area contributed by atoms with Gasteiger partial charge < -0.3 is 0 Å². The van der Waals surface area contributed by atoms with Crippen molar-refractivity contribution in [2.24, 2.45) is 0 Å². The summed E-state index contributed by atoms with van der Waals surface area (Å²) in [6.45, 7) is 9.06. The van der Waals surface area contributed by atoms with Gasteiger partial charge in [-0.05, 0) is 32.4 Å². The number of hydrogen-bond donors (Lipinski definition) is 0. The monoisotopic (exact) mass is 357 g/mol. The quantitative estimate of drug-likeness (QED) is 0.427. The molecule has 0 aliphatic rings. The molecule has 1 rings (SSSR count). The standard InChI is InChI=1S/C18H35N3S2/c1-6-9-11-15(4)21-19-17(13-22-5)18(20-21)14-23-16(8-3)12-10-7-2/h15-16H,6-14H2,1-5H3. The van der Waals surface area contributed by atoms with Crippen molar-refractivity contribution in [3.8, 4) is 0 Å². The molecule has 1 aromatic rings. The average Bonchev–Trinajstić information content (AvgIpc) is 2.96. The molecular formula is C18H35N3S2. The summed E-state index contributed by atoms with van der Waals surface area (Å²) >= 11 is 3.91. The third-order valence-corrected chi connectivity index (χ3v) is 6.26. The molecule has 0 fully saturated rings. The molecule has 0 aliphatic carbocycles. The summed E-state index contributed by atoms with van der Waals surface area (Å²) in [5, 5.41) is 10.4. The van der Waals surface area contributed by atoms with Crippen LogP contribution in [-0.2, 0) is 11.5 Å². The van der Waals surface area contributed by atoms with Crippen LogP contribution in [-0.4, -0.2) is 26.5 Å². The van der Waals surface area contributed by atoms with Crippen LogP contribution < -0.4 is 0 Å². The molecule has 134 valence electrons. The van der Waals surface area contributed by atoms with Crippen LogP contribution in [0.15, 0.2) is 0 Å². The van der Waals surface area contributed by atoms with E-state index in [0.29, 0.717) is 6.04 Å². The number of rotatable bonds is 13. The molecule has 1 aromatic heterocycles. The molecule has 0 aliphatic heterocycles. The molecule has 0 N–H and O–H groups in total. The van der Waals surface area contributed by atoms with Gasteiger partial charge in [0.2, 0.25) is 0 Å². The predicted octanol–water partition coefficient (Wildman–Crippen LogP) is 6.09. The van der Waals surface area contributed by atoms with E-state index < -0.39 is 0 Å². The third kappa shape index (κ3) is 7.51. The Morgan fingerprint density at radius 2 is 1.57 bits per heavy atom. The van der Waals surface area contributed by atoms with E-state index >= 15 is 0 Å². The fourth-order valence-corrected chi connectivity index (χ4v) is 4.28. The van der Waals surface area contributed by atoms with Gasteiger partial charge in [-0.15, -0.1) is 0 Å². The van der Waals surface area contributed by atoms with E-state index in [-0.39, 0.29) is 0 Å². The maximum absolute atomic E-state index is 4.84. The van der Waals surface area contributed by atoms with Crippen molar-refractivity contribution in [3.63, 3.8) is 0 Å². The molecule has 0 radical (unpaired) electrons. The third-order valence-electron chi connectivity index (χ3n) is 4.22. The van der Waals surface area contributed by atoms with Crippen LogP contribution in [0.2, 0.25) is 0 Å². The van der Waals surface area contributed by atoms with Crippen molar-refractivity contribution in [1.82, 2.24) is 15.0 Å². The predicted molar refractivity (Wildman–Crippen MR) is 106 cm³/mol. The second kappa shape index (κ2) is 12.2. The Labute approximate surface area is 151 Å². The molecular weight excluding hydrogens is 322 g/mol. The summed E-state index contributed by atoms with van der Waals surface area (Å²) in [5.41, 5.74) is 2.40. The van der Waals surface area contributed by atoms with Gasteiger partial charge in [-0.25, -0.2) is 0 Å². The van der Waals surface area contributed by atoms with E-state index in [9.17, 15) is 0 Å². The Balaban J connectivity index is 2.69. The van der Waals surface area contributed by atoms with Crippen LogP contribution in [0.25, 0.3) is 0 Å². The molecule has 0 saturated heterocycles. The van der Waals surface area contributed by atoms with Crippen LogP contribution in [0.1, 0.15) is 90.1 Å². The largest absolute Gasteiger partial charge is 0.182 e. The second-order valence-electron chi connectivity index (χ2n) is 6.32. The lowest BCUT2D eigenvalue weighted by molar-refractivity contribution is 0.395. The van der Waals surface area contributed by atoms with Gasteiger partial charge in [0.15, 0.2) is 0 Å². The molecule has 0 amide bonds. The lowest BCUT2D eigenvalue weighted by atomic mass is 10.1. The molecule has 0 aromatic carbocycles. The van der Waals surface area contributed by atoms with E-state index in [1.807, 2.05) is 16.6 Å². The van der Waals surface area contributed by atoms with Gasteiger partial charge in [0.05, 0.1) is 17.4 Å². The first-order valence-corrected chi connectivity index (χ1v) is 11.6. The highest BCUT2D eigenvalue weighted by molar-refractivity contribution is 7.99. The Kier molecular flexibility index (Phi) is 11.1. The fourth-order valence-electron chi connectivity index (χ4n) is 2.59. The summed E-state index contributed by atoms with van der Waals surface area (Å²) < 4.78 is 0. The van der Waals surface area contributed by atoms with E-state index in [2.05, 4.69) is 45.7 Å². The molecule has 23 heavy (non-hydrogen) atoms. The highest BCUT2D eigenvalue weighted by atomic mass is 32.2. The van der Waals surface area contributed by atoms with Gasteiger partial charge >= 0.3 is 0 Å². The van der Waals surface area contributed by atoms with E-state index in [4.69, 9.17) is 10.2 Å². The minimum absolute atomic E-state index is 0.413. The first kappa shape index (κ1) is 20.9. The highest BCUT2D eigenvalue weighted by Crippen LogP contribution is 2.26. The van der Waals surface area contributed by atoms with Gasteiger partial charge in [0.25, 0.3) is 0 Å². The van der Waals surface area contributed by atoms with Crippen LogP contribution in [0.3, 0.4) is 0 Å². The van der Waals surface area contributed by atoms with E-state index in [1.54, 1.807) is 0 Å². The number of thioether (sulfide) groups is 2. The zero-order valence-corrected chi connectivity index (χ0v) is 17.3. The normalized spacial score (nSPS) is 14.1. The number of hydrogen-bond acceptors (Lipinski definition) is 4. The molecule has 2 unspecified atom stereocenters. The van der Waals surface area contributed by atoms with Crippen molar-refractivity contribution < 1.29 is 0 Å².